The fraction of sp³-hybridized carbons (Fsp3) is 0.417. The Morgan fingerprint density at radius 1 is 1.39 bits per heavy atom. The lowest BCUT2D eigenvalue weighted by molar-refractivity contribution is -0.138. The zero-order valence-corrected chi connectivity index (χ0v) is 11.2. The van der Waals surface area contributed by atoms with E-state index in [1.807, 2.05) is 0 Å². The molecule has 1 rings (SSSR count). The first kappa shape index (κ1) is 14.4. The number of hydrogen-bond donors (Lipinski definition) is 1. The summed E-state index contributed by atoms with van der Waals surface area (Å²) in [6, 6.07) is 3.02. The predicted octanol–water partition coefficient (Wildman–Crippen LogP) is 2.06. The van der Waals surface area contributed by atoms with Crippen LogP contribution in [0.2, 0.25) is 5.02 Å². The van der Waals surface area contributed by atoms with Crippen molar-refractivity contribution in [2.24, 2.45) is 0 Å². The molecule has 1 amide bonds. The summed E-state index contributed by atoms with van der Waals surface area (Å²) in [5, 5.41) is 9.27. The van der Waals surface area contributed by atoms with Crippen LogP contribution in [0.3, 0.4) is 0 Å². The van der Waals surface area contributed by atoms with E-state index >= 15 is 0 Å². The summed E-state index contributed by atoms with van der Waals surface area (Å²) >= 11 is 5.69. The van der Waals surface area contributed by atoms with Gasteiger partial charge in [-0.1, -0.05) is 11.6 Å². The Morgan fingerprint density at radius 2 is 2.00 bits per heavy atom. The quantitative estimate of drug-likeness (QED) is 0.913. The maximum absolute atomic E-state index is 12.2. The topological polar surface area (TPSA) is 70.5 Å². The zero-order chi connectivity index (χ0) is 13.9. The zero-order valence-electron chi connectivity index (χ0n) is 10.5. The summed E-state index contributed by atoms with van der Waals surface area (Å²) in [5.41, 5.74) is -0.424. The Labute approximate surface area is 110 Å². The molecule has 1 aromatic heterocycles. The standard InChI is InChI=1S/C12H15ClN2O3/c1-12(2,3)15(7-10(16)17)11(18)9-5-4-8(13)6-14-9/h4-6H,7H2,1-3H3,(H,16,17). The normalized spacial score (nSPS) is 11.1. The number of aromatic nitrogens is 1. The Balaban J connectivity index is 3.02. The largest absolute Gasteiger partial charge is 0.480 e. The van der Waals surface area contributed by atoms with Gasteiger partial charge < -0.3 is 10.0 Å². The third-order valence-corrected chi connectivity index (χ3v) is 2.52. The molecule has 98 valence electrons. The van der Waals surface area contributed by atoms with Gasteiger partial charge in [-0.3, -0.25) is 9.59 Å². The van der Waals surface area contributed by atoms with Crippen LogP contribution in [-0.4, -0.2) is 39.0 Å². The second-order valence-electron chi connectivity index (χ2n) is 4.82. The third kappa shape index (κ3) is 3.70. The average Bonchev–Trinajstić information content (AvgIpc) is 2.24. The van der Waals surface area contributed by atoms with E-state index in [1.54, 1.807) is 26.8 Å². The number of carbonyl (C=O) groups is 2. The lowest BCUT2D eigenvalue weighted by Gasteiger charge is -2.34. The first-order valence-electron chi connectivity index (χ1n) is 5.37. The van der Waals surface area contributed by atoms with E-state index in [0.29, 0.717) is 5.02 Å². The van der Waals surface area contributed by atoms with Gasteiger partial charge in [-0.15, -0.1) is 0 Å². The summed E-state index contributed by atoms with van der Waals surface area (Å²) in [6.07, 6.45) is 1.36. The number of aliphatic carboxylic acids is 1. The fourth-order valence-electron chi connectivity index (χ4n) is 1.39. The molecule has 0 saturated carbocycles. The van der Waals surface area contributed by atoms with Crippen molar-refractivity contribution < 1.29 is 14.7 Å². The van der Waals surface area contributed by atoms with Crippen molar-refractivity contribution in [1.82, 2.24) is 9.88 Å². The first-order chi connectivity index (χ1) is 8.21. The van der Waals surface area contributed by atoms with Gasteiger partial charge in [0, 0.05) is 11.7 Å². The minimum absolute atomic E-state index is 0.176. The van der Waals surface area contributed by atoms with Gasteiger partial charge in [0.15, 0.2) is 0 Å². The third-order valence-electron chi connectivity index (χ3n) is 2.29. The molecule has 0 fully saturated rings. The number of halogens is 1. The molecule has 0 saturated heterocycles. The maximum Gasteiger partial charge on any atom is 0.323 e. The number of nitrogens with zero attached hydrogens (tertiary/aromatic N) is 2. The van der Waals surface area contributed by atoms with Gasteiger partial charge in [0.1, 0.15) is 12.2 Å². The van der Waals surface area contributed by atoms with Crippen LogP contribution in [0.1, 0.15) is 31.3 Å². The van der Waals surface area contributed by atoms with Crippen LogP contribution in [0.15, 0.2) is 18.3 Å². The van der Waals surface area contributed by atoms with Crippen molar-refractivity contribution in [3.63, 3.8) is 0 Å². The van der Waals surface area contributed by atoms with E-state index in [-0.39, 0.29) is 12.2 Å². The molecule has 0 spiro atoms. The first-order valence-corrected chi connectivity index (χ1v) is 5.75. The molecule has 1 aromatic rings. The molecular weight excluding hydrogens is 256 g/mol. The van der Waals surface area contributed by atoms with Crippen LogP contribution in [0.4, 0.5) is 0 Å². The smallest absolute Gasteiger partial charge is 0.323 e. The summed E-state index contributed by atoms with van der Waals surface area (Å²) in [6.45, 7) is 4.93. The Morgan fingerprint density at radius 3 is 2.39 bits per heavy atom. The van der Waals surface area contributed by atoms with Crippen molar-refractivity contribution in [1.29, 1.82) is 0 Å². The number of hydrogen-bond acceptors (Lipinski definition) is 3. The van der Waals surface area contributed by atoms with E-state index < -0.39 is 17.4 Å². The van der Waals surface area contributed by atoms with E-state index in [1.165, 1.54) is 17.2 Å². The highest BCUT2D eigenvalue weighted by atomic mass is 35.5. The second-order valence-corrected chi connectivity index (χ2v) is 5.25. The number of rotatable bonds is 3. The molecule has 0 aromatic carbocycles. The molecule has 18 heavy (non-hydrogen) atoms. The van der Waals surface area contributed by atoms with Crippen molar-refractivity contribution in [2.75, 3.05) is 6.54 Å². The lowest BCUT2D eigenvalue weighted by atomic mass is 10.1. The van der Waals surface area contributed by atoms with Crippen LogP contribution in [0.25, 0.3) is 0 Å². The maximum atomic E-state index is 12.2. The van der Waals surface area contributed by atoms with E-state index in [9.17, 15) is 9.59 Å². The monoisotopic (exact) mass is 270 g/mol. The Kier molecular flexibility index (Phi) is 4.29. The van der Waals surface area contributed by atoms with Gasteiger partial charge in [0.25, 0.3) is 5.91 Å². The molecule has 0 aliphatic heterocycles. The summed E-state index contributed by atoms with van der Waals surface area (Å²) < 4.78 is 0. The highest BCUT2D eigenvalue weighted by Gasteiger charge is 2.29. The van der Waals surface area contributed by atoms with E-state index in [0.717, 1.165) is 0 Å². The Bertz CT molecular complexity index is 451. The van der Waals surface area contributed by atoms with Gasteiger partial charge >= 0.3 is 5.97 Å². The van der Waals surface area contributed by atoms with Gasteiger partial charge in [0.2, 0.25) is 0 Å². The van der Waals surface area contributed by atoms with Crippen molar-refractivity contribution >= 4 is 23.5 Å². The lowest BCUT2D eigenvalue weighted by Crippen LogP contribution is -2.48. The number of amides is 1. The minimum atomic E-state index is -1.06. The highest BCUT2D eigenvalue weighted by Crippen LogP contribution is 2.17. The van der Waals surface area contributed by atoms with Gasteiger partial charge in [-0.05, 0) is 32.9 Å². The molecule has 0 bridgehead atoms. The molecule has 0 unspecified atom stereocenters. The van der Waals surface area contributed by atoms with E-state index in [2.05, 4.69) is 4.98 Å². The molecule has 1 heterocycles. The molecule has 6 heteroatoms. The van der Waals surface area contributed by atoms with E-state index in [4.69, 9.17) is 16.7 Å². The predicted molar refractivity (Wildman–Crippen MR) is 67.7 cm³/mol. The SMILES string of the molecule is CC(C)(C)N(CC(=O)O)C(=O)c1ccc(Cl)cn1. The molecule has 5 nitrogen and oxygen atoms in total. The summed E-state index contributed by atoms with van der Waals surface area (Å²) in [5.74, 6) is -1.49. The van der Waals surface area contributed by atoms with Crippen molar-refractivity contribution in [3.05, 3.63) is 29.0 Å². The van der Waals surface area contributed by atoms with Gasteiger partial charge in [-0.25, -0.2) is 4.98 Å². The number of carboxylic acid groups (broad SMARTS) is 1. The van der Waals surface area contributed by atoms with Crippen LogP contribution in [0.5, 0.6) is 0 Å². The summed E-state index contributed by atoms with van der Waals surface area (Å²) in [4.78, 5) is 28.2. The number of carboxylic acids is 1. The van der Waals surface area contributed by atoms with Crippen molar-refractivity contribution in [3.8, 4) is 0 Å². The molecule has 0 radical (unpaired) electrons. The number of carbonyl (C=O) groups excluding carboxylic acids is 1. The number of pyridine rings is 1. The van der Waals surface area contributed by atoms with Gasteiger partial charge in [0.05, 0.1) is 5.02 Å². The van der Waals surface area contributed by atoms with Crippen molar-refractivity contribution in [2.45, 2.75) is 26.3 Å². The molecule has 0 atom stereocenters. The van der Waals surface area contributed by atoms with Crippen LogP contribution >= 0.6 is 11.6 Å². The average molecular weight is 271 g/mol. The molecular formula is C12H15ClN2O3. The minimum Gasteiger partial charge on any atom is -0.480 e. The molecule has 0 aliphatic carbocycles. The van der Waals surface area contributed by atoms with Crippen LogP contribution < -0.4 is 0 Å². The second kappa shape index (κ2) is 5.35. The summed E-state index contributed by atoms with van der Waals surface area (Å²) in [7, 11) is 0. The highest BCUT2D eigenvalue weighted by molar-refractivity contribution is 6.30. The molecule has 1 N–H and O–H groups in total. The van der Waals surface area contributed by atoms with Gasteiger partial charge in [-0.2, -0.15) is 0 Å². The Hall–Kier alpha value is -1.62. The van der Waals surface area contributed by atoms with Crippen LogP contribution in [-0.2, 0) is 4.79 Å². The fourth-order valence-corrected chi connectivity index (χ4v) is 1.50. The molecule has 0 aliphatic rings. The van der Waals surface area contributed by atoms with Crippen LogP contribution in [0, 0.1) is 0 Å².